The molecule has 3 saturated carbocycles. The van der Waals surface area contributed by atoms with E-state index in [1.807, 2.05) is 0 Å². The molecule has 1 unspecified atom stereocenters. The van der Waals surface area contributed by atoms with Gasteiger partial charge in [-0.25, -0.2) is 4.79 Å². The van der Waals surface area contributed by atoms with Crippen molar-refractivity contribution in [2.45, 2.75) is 196 Å². The summed E-state index contributed by atoms with van der Waals surface area (Å²) in [5.41, 5.74) is 2.40. The molecule has 0 saturated heterocycles. The van der Waals surface area contributed by atoms with Gasteiger partial charge in [0, 0.05) is 12.5 Å². The van der Waals surface area contributed by atoms with Gasteiger partial charge in [0.15, 0.2) is 0 Å². The number of hydrogen-bond acceptors (Lipinski definition) is 2. The van der Waals surface area contributed by atoms with E-state index in [0.29, 0.717) is 28.6 Å². The second kappa shape index (κ2) is 19.3. The Morgan fingerprint density at radius 2 is 1.46 bits per heavy atom. The van der Waals surface area contributed by atoms with Crippen LogP contribution in [0.1, 0.15) is 190 Å². The van der Waals surface area contributed by atoms with E-state index in [4.69, 9.17) is 4.74 Å². The number of unbranched alkanes of at least 4 members (excludes halogenated alkanes) is 13. The Morgan fingerprint density at radius 1 is 0.812 bits per heavy atom. The van der Waals surface area contributed by atoms with Crippen molar-refractivity contribution < 1.29 is 9.53 Å². The maximum absolute atomic E-state index is 12.7. The predicted octanol–water partition coefficient (Wildman–Crippen LogP) is 14.0. The number of esters is 1. The quantitative estimate of drug-likeness (QED) is 0.0561. The van der Waals surface area contributed by atoms with Crippen LogP contribution in [0, 0.1) is 52.3 Å². The largest absolute Gasteiger partial charge is 0.459 e. The van der Waals surface area contributed by atoms with Crippen molar-refractivity contribution in [2.75, 3.05) is 0 Å². The number of allylic oxidation sites excluding steroid dienone is 4. The second-order valence-corrected chi connectivity index (χ2v) is 18.1. The summed E-state index contributed by atoms with van der Waals surface area (Å²) < 4.78 is 6.05. The van der Waals surface area contributed by atoms with E-state index in [-0.39, 0.29) is 12.1 Å². The lowest BCUT2D eigenvalue weighted by Gasteiger charge is -2.58. The standard InChI is InChI=1S/C46H78O2/c1-8-9-10-11-12-13-14-15-16-17-18-19-20-21-22-23-44(47)48-39-30-32-45(6)38(34-39)26-27-40-42-29-28-41(46(42,7)33-31-43(40)45)37(5)25-24-36(4)35(2)3/h22-26,35-37,39-43H,8-21,27-34H2,1-7H3/t36-,37+,39?,40-,41+,42-,43-,45-,46+/m0/s1. The van der Waals surface area contributed by atoms with Crippen LogP contribution in [0.15, 0.2) is 36.0 Å². The van der Waals surface area contributed by atoms with Crippen molar-refractivity contribution in [2.24, 2.45) is 52.3 Å². The summed E-state index contributed by atoms with van der Waals surface area (Å²) in [7, 11) is 0. The summed E-state index contributed by atoms with van der Waals surface area (Å²) in [5, 5.41) is 0. The lowest BCUT2D eigenvalue weighted by atomic mass is 9.47. The molecule has 9 atom stereocenters. The normalized spacial score (nSPS) is 33.0. The first-order chi connectivity index (χ1) is 23.1. The van der Waals surface area contributed by atoms with Gasteiger partial charge in [0.1, 0.15) is 6.10 Å². The topological polar surface area (TPSA) is 26.3 Å². The van der Waals surface area contributed by atoms with Gasteiger partial charge in [-0.15, -0.1) is 0 Å². The molecule has 4 rings (SSSR count). The summed E-state index contributed by atoms with van der Waals surface area (Å²) >= 11 is 0. The molecule has 0 radical (unpaired) electrons. The first-order valence-electron chi connectivity index (χ1n) is 21.3. The highest BCUT2D eigenvalue weighted by molar-refractivity contribution is 5.82. The molecule has 0 aliphatic heterocycles. The average Bonchev–Trinajstić information content (AvgIpc) is 3.42. The molecule has 0 N–H and O–H groups in total. The molecule has 0 heterocycles. The van der Waals surface area contributed by atoms with Crippen molar-refractivity contribution >= 4 is 5.97 Å². The van der Waals surface area contributed by atoms with Gasteiger partial charge in [-0.2, -0.15) is 0 Å². The summed E-state index contributed by atoms with van der Waals surface area (Å²) in [6, 6.07) is 0. The van der Waals surface area contributed by atoms with Gasteiger partial charge < -0.3 is 4.74 Å². The minimum atomic E-state index is -0.121. The highest BCUT2D eigenvalue weighted by atomic mass is 16.5. The third-order valence-electron chi connectivity index (χ3n) is 14.5. The fourth-order valence-electron chi connectivity index (χ4n) is 11.0. The van der Waals surface area contributed by atoms with Crippen LogP contribution in [-0.2, 0) is 9.53 Å². The molecule has 0 amide bonds. The lowest BCUT2D eigenvalue weighted by molar-refractivity contribution is -0.145. The van der Waals surface area contributed by atoms with Crippen LogP contribution < -0.4 is 0 Å². The number of ether oxygens (including phenoxy) is 1. The van der Waals surface area contributed by atoms with Crippen LogP contribution in [0.25, 0.3) is 0 Å². The summed E-state index contributed by atoms with van der Waals surface area (Å²) in [4.78, 5) is 12.7. The van der Waals surface area contributed by atoms with E-state index in [9.17, 15) is 4.79 Å². The Balaban J connectivity index is 1.15. The number of carbonyl (C=O) groups is 1. The van der Waals surface area contributed by atoms with Gasteiger partial charge in [-0.3, -0.25) is 0 Å². The van der Waals surface area contributed by atoms with Crippen LogP contribution in [0.2, 0.25) is 0 Å². The van der Waals surface area contributed by atoms with Crippen LogP contribution in [0.3, 0.4) is 0 Å². The predicted molar refractivity (Wildman–Crippen MR) is 207 cm³/mol. The van der Waals surface area contributed by atoms with Crippen LogP contribution in [0.5, 0.6) is 0 Å². The molecule has 0 spiro atoms. The van der Waals surface area contributed by atoms with E-state index >= 15 is 0 Å². The molecular formula is C46H78O2. The zero-order chi connectivity index (χ0) is 34.6. The van der Waals surface area contributed by atoms with Gasteiger partial charge in [0.25, 0.3) is 0 Å². The summed E-state index contributed by atoms with van der Waals surface area (Å²) in [6.45, 7) is 17.1. The Morgan fingerprint density at radius 3 is 2.10 bits per heavy atom. The monoisotopic (exact) mass is 663 g/mol. The molecule has 0 aromatic heterocycles. The molecule has 2 heteroatoms. The van der Waals surface area contributed by atoms with Gasteiger partial charge in [-0.1, -0.05) is 155 Å². The molecule has 4 aliphatic carbocycles. The van der Waals surface area contributed by atoms with Gasteiger partial charge in [0.2, 0.25) is 0 Å². The van der Waals surface area contributed by atoms with Crippen molar-refractivity contribution in [3.8, 4) is 0 Å². The van der Waals surface area contributed by atoms with Crippen molar-refractivity contribution in [1.29, 1.82) is 0 Å². The minimum absolute atomic E-state index is 0.0555. The first-order valence-corrected chi connectivity index (χ1v) is 21.3. The van der Waals surface area contributed by atoms with Crippen LogP contribution in [0.4, 0.5) is 0 Å². The lowest BCUT2D eigenvalue weighted by Crippen LogP contribution is -2.51. The van der Waals surface area contributed by atoms with E-state index in [2.05, 4.69) is 72.8 Å². The third-order valence-corrected chi connectivity index (χ3v) is 14.5. The number of rotatable bonds is 20. The third kappa shape index (κ3) is 10.4. The molecule has 0 aromatic rings. The first kappa shape index (κ1) is 39.5. The number of fused-ring (bicyclic) bond motifs is 5. The molecule has 0 aromatic carbocycles. The molecule has 3 fully saturated rings. The van der Waals surface area contributed by atoms with E-state index in [0.717, 1.165) is 42.9 Å². The summed E-state index contributed by atoms with van der Waals surface area (Å²) in [5.74, 6) is 5.26. The molecule has 4 aliphatic rings. The molecular weight excluding hydrogens is 585 g/mol. The Hall–Kier alpha value is -1.31. The van der Waals surface area contributed by atoms with Crippen LogP contribution in [-0.4, -0.2) is 12.1 Å². The SMILES string of the molecule is CCCCCCCCCCCCCCCC=CC(=O)OC1CC[C@@]2(C)C(=CC[C@H]3[C@@H]4CC[C@H]([C@H](C)C=C[C@H](C)C(C)C)[C@@]4(C)CC[C@@H]32)C1. The minimum Gasteiger partial charge on any atom is -0.459 e. The smallest absolute Gasteiger partial charge is 0.330 e. The zero-order valence-corrected chi connectivity index (χ0v) is 32.9. The maximum atomic E-state index is 12.7. The number of hydrogen-bond donors (Lipinski definition) is 0. The second-order valence-electron chi connectivity index (χ2n) is 18.1. The molecule has 274 valence electrons. The Labute approximate surface area is 298 Å². The van der Waals surface area contributed by atoms with E-state index in [1.165, 1.54) is 122 Å². The van der Waals surface area contributed by atoms with E-state index < -0.39 is 0 Å². The molecule has 0 bridgehead atoms. The number of carbonyl (C=O) groups excluding carboxylic acids is 1. The van der Waals surface area contributed by atoms with Gasteiger partial charge >= 0.3 is 5.97 Å². The highest BCUT2D eigenvalue weighted by Crippen LogP contribution is 2.67. The van der Waals surface area contributed by atoms with E-state index in [1.54, 1.807) is 11.6 Å². The van der Waals surface area contributed by atoms with Gasteiger partial charge in [0.05, 0.1) is 0 Å². The molecule has 48 heavy (non-hydrogen) atoms. The maximum Gasteiger partial charge on any atom is 0.330 e. The van der Waals surface area contributed by atoms with Crippen molar-refractivity contribution in [3.63, 3.8) is 0 Å². The summed E-state index contributed by atoms with van der Waals surface area (Å²) in [6.07, 6.45) is 40.4. The van der Waals surface area contributed by atoms with Gasteiger partial charge in [-0.05, 0) is 110 Å². The van der Waals surface area contributed by atoms with Crippen molar-refractivity contribution in [3.05, 3.63) is 36.0 Å². The zero-order valence-electron chi connectivity index (χ0n) is 32.9. The average molecular weight is 663 g/mol. The highest BCUT2D eigenvalue weighted by Gasteiger charge is 2.59. The fourth-order valence-corrected chi connectivity index (χ4v) is 11.0. The molecule has 2 nitrogen and oxygen atoms in total. The Kier molecular flexibility index (Phi) is 15.9. The van der Waals surface area contributed by atoms with Crippen LogP contribution >= 0.6 is 0 Å². The Bertz CT molecular complexity index is 1050. The van der Waals surface area contributed by atoms with Crippen molar-refractivity contribution in [1.82, 2.24) is 0 Å². The fraction of sp³-hybridized carbons (Fsp3) is 0.848.